The molecule has 0 aromatic heterocycles. The number of para-hydroxylation sites is 1. The summed E-state index contributed by atoms with van der Waals surface area (Å²) >= 11 is 3.37. The molecule has 1 atom stereocenters. The molecule has 25 heavy (non-hydrogen) atoms. The molecule has 4 nitrogen and oxygen atoms in total. The van der Waals surface area contributed by atoms with E-state index in [2.05, 4.69) is 26.6 Å². The lowest BCUT2D eigenvalue weighted by atomic mass is 10.0. The van der Waals surface area contributed by atoms with Crippen LogP contribution >= 0.6 is 15.9 Å². The number of carbonyl (C=O) groups is 2. The van der Waals surface area contributed by atoms with Crippen LogP contribution < -0.4 is 10.6 Å². The highest BCUT2D eigenvalue weighted by Crippen LogP contribution is 2.18. The maximum absolute atomic E-state index is 12.7. The quantitative estimate of drug-likeness (QED) is 0.751. The van der Waals surface area contributed by atoms with Crippen molar-refractivity contribution in [1.82, 2.24) is 5.32 Å². The Morgan fingerprint density at radius 2 is 1.68 bits per heavy atom. The molecule has 0 aliphatic carbocycles. The Kier molecular flexibility index (Phi) is 6.76. The summed E-state index contributed by atoms with van der Waals surface area (Å²) in [5, 5.41) is 5.80. The summed E-state index contributed by atoms with van der Waals surface area (Å²) in [6, 6.07) is 14.2. The summed E-state index contributed by atoms with van der Waals surface area (Å²) in [6.45, 7) is 5.87. The molecule has 2 amide bonds. The third-order valence-corrected chi connectivity index (χ3v) is 4.70. The van der Waals surface area contributed by atoms with E-state index in [-0.39, 0.29) is 17.7 Å². The standard InChI is InChI=1S/C20H23BrN2O2/c1-4-14-9-5-8-12-17(14)22-20(25)18(13(2)3)23-19(24)15-10-6-7-11-16(15)21/h5-13,18H,4H2,1-3H3,(H,22,25)(H,23,24). The van der Waals surface area contributed by atoms with Crippen LogP contribution in [0.5, 0.6) is 0 Å². The van der Waals surface area contributed by atoms with Gasteiger partial charge in [0.1, 0.15) is 6.04 Å². The number of benzene rings is 2. The Bertz CT molecular complexity index is 759. The predicted octanol–water partition coefficient (Wildman–Crippen LogP) is 4.40. The molecule has 0 heterocycles. The summed E-state index contributed by atoms with van der Waals surface area (Å²) in [5.41, 5.74) is 2.36. The number of anilines is 1. The minimum atomic E-state index is -0.621. The molecule has 0 radical (unpaired) electrons. The molecule has 0 spiro atoms. The van der Waals surface area contributed by atoms with E-state index in [9.17, 15) is 9.59 Å². The Labute approximate surface area is 157 Å². The van der Waals surface area contributed by atoms with Crippen LogP contribution in [0.25, 0.3) is 0 Å². The Hall–Kier alpha value is -2.14. The van der Waals surface area contributed by atoms with Crippen LogP contribution in [-0.2, 0) is 11.2 Å². The number of amides is 2. The van der Waals surface area contributed by atoms with Gasteiger partial charge >= 0.3 is 0 Å². The van der Waals surface area contributed by atoms with Gasteiger partial charge in [-0.05, 0) is 52.0 Å². The van der Waals surface area contributed by atoms with Gasteiger partial charge in [0.2, 0.25) is 5.91 Å². The maximum atomic E-state index is 12.7. The van der Waals surface area contributed by atoms with Crippen molar-refractivity contribution in [3.8, 4) is 0 Å². The third kappa shape index (κ3) is 4.92. The van der Waals surface area contributed by atoms with Crippen molar-refractivity contribution < 1.29 is 9.59 Å². The smallest absolute Gasteiger partial charge is 0.253 e. The molecule has 0 aliphatic rings. The van der Waals surface area contributed by atoms with E-state index >= 15 is 0 Å². The average Bonchev–Trinajstić information content (AvgIpc) is 2.60. The normalized spacial score (nSPS) is 11.9. The molecule has 2 aromatic carbocycles. The maximum Gasteiger partial charge on any atom is 0.253 e. The van der Waals surface area contributed by atoms with Gasteiger partial charge in [-0.25, -0.2) is 0 Å². The largest absolute Gasteiger partial charge is 0.340 e. The van der Waals surface area contributed by atoms with Crippen molar-refractivity contribution in [2.24, 2.45) is 5.92 Å². The molecule has 2 N–H and O–H groups in total. The van der Waals surface area contributed by atoms with Gasteiger partial charge in [-0.3, -0.25) is 9.59 Å². The SMILES string of the molecule is CCc1ccccc1NC(=O)C(NC(=O)c1ccccc1Br)C(C)C. The highest BCUT2D eigenvalue weighted by Gasteiger charge is 2.25. The summed E-state index contributed by atoms with van der Waals surface area (Å²) < 4.78 is 0.701. The molecule has 1 unspecified atom stereocenters. The van der Waals surface area contributed by atoms with Gasteiger partial charge < -0.3 is 10.6 Å². The van der Waals surface area contributed by atoms with Gasteiger partial charge in [0.05, 0.1) is 5.56 Å². The number of aryl methyl sites for hydroxylation is 1. The number of hydrogen-bond acceptors (Lipinski definition) is 2. The van der Waals surface area contributed by atoms with Crippen LogP contribution in [0.1, 0.15) is 36.7 Å². The zero-order chi connectivity index (χ0) is 18.4. The Morgan fingerprint density at radius 1 is 1.04 bits per heavy atom. The molecular formula is C20H23BrN2O2. The summed E-state index contributed by atoms with van der Waals surface area (Å²) in [4.78, 5) is 25.3. The van der Waals surface area contributed by atoms with Crippen LogP contribution in [0, 0.1) is 5.92 Å². The first-order valence-corrected chi connectivity index (χ1v) is 9.17. The number of nitrogens with one attached hydrogen (secondary N) is 2. The molecule has 0 saturated heterocycles. The third-order valence-electron chi connectivity index (χ3n) is 4.01. The fraction of sp³-hybridized carbons (Fsp3) is 0.300. The van der Waals surface area contributed by atoms with Crippen LogP contribution in [-0.4, -0.2) is 17.9 Å². The Morgan fingerprint density at radius 3 is 2.32 bits per heavy atom. The minimum absolute atomic E-state index is 0.0415. The van der Waals surface area contributed by atoms with E-state index in [0.717, 1.165) is 17.7 Å². The predicted molar refractivity (Wildman–Crippen MR) is 105 cm³/mol. The molecule has 2 rings (SSSR count). The summed E-state index contributed by atoms with van der Waals surface area (Å²) in [6.07, 6.45) is 0.826. The van der Waals surface area contributed by atoms with E-state index in [0.29, 0.717) is 10.0 Å². The molecule has 0 fully saturated rings. The summed E-state index contributed by atoms with van der Waals surface area (Å²) in [7, 11) is 0. The number of hydrogen-bond donors (Lipinski definition) is 2. The van der Waals surface area contributed by atoms with E-state index < -0.39 is 6.04 Å². The first-order valence-electron chi connectivity index (χ1n) is 8.38. The topological polar surface area (TPSA) is 58.2 Å². The fourth-order valence-corrected chi connectivity index (χ4v) is 3.03. The van der Waals surface area contributed by atoms with Crippen molar-refractivity contribution >= 4 is 33.4 Å². The summed E-state index contributed by atoms with van der Waals surface area (Å²) in [5.74, 6) is -0.526. The monoisotopic (exact) mass is 402 g/mol. The van der Waals surface area contributed by atoms with E-state index in [1.54, 1.807) is 18.2 Å². The molecular weight excluding hydrogens is 380 g/mol. The second-order valence-corrected chi connectivity index (χ2v) is 7.03. The first-order chi connectivity index (χ1) is 11.9. The molecule has 0 aliphatic heterocycles. The van der Waals surface area contributed by atoms with Crippen molar-refractivity contribution in [2.75, 3.05) is 5.32 Å². The second kappa shape index (κ2) is 8.81. The van der Waals surface area contributed by atoms with Crippen LogP contribution in [0.15, 0.2) is 53.0 Å². The highest BCUT2D eigenvalue weighted by molar-refractivity contribution is 9.10. The van der Waals surface area contributed by atoms with E-state index in [1.807, 2.05) is 51.1 Å². The lowest BCUT2D eigenvalue weighted by Gasteiger charge is -2.22. The number of carbonyl (C=O) groups excluding carboxylic acids is 2. The lowest BCUT2D eigenvalue weighted by Crippen LogP contribution is -2.47. The minimum Gasteiger partial charge on any atom is -0.340 e. The second-order valence-electron chi connectivity index (χ2n) is 6.17. The first kappa shape index (κ1) is 19.2. The average molecular weight is 403 g/mol. The van der Waals surface area contributed by atoms with Crippen LogP contribution in [0.2, 0.25) is 0 Å². The number of halogens is 1. The molecule has 2 aromatic rings. The number of rotatable bonds is 6. The highest BCUT2D eigenvalue weighted by atomic mass is 79.9. The van der Waals surface area contributed by atoms with Crippen LogP contribution in [0.4, 0.5) is 5.69 Å². The van der Waals surface area contributed by atoms with Gasteiger partial charge in [0, 0.05) is 10.2 Å². The van der Waals surface area contributed by atoms with Crippen molar-refractivity contribution in [3.05, 3.63) is 64.1 Å². The zero-order valence-electron chi connectivity index (χ0n) is 14.7. The Balaban J connectivity index is 2.16. The van der Waals surface area contributed by atoms with Gasteiger partial charge in [-0.15, -0.1) is 0 Å². The van der Waals surface area contributed by atoms with Crippen molar-refractivity contribution in [2.45, 2.75) is 33.2 Å². The molecule has 5 heteroatoms. The molecule has 132 valence electrons. The van der Waals surface area contributed by atoms with Crippen LogP contribution in [0.3, 0.4) is 0 Å². The van der Waals surface area contributed by atoms with Gasteiger partial charge in [0.25, 0.3) is 5.91 Å². The van der Waals surface area contributed by atoms with Gasteiger partial charge in [0.15, 0.2) is 0 Å². The van der Waals surface area contributed by atoms with Gasteiger partial charge in [-0.2, -0.15) is 0 Å². The lowest BCUT2D eigenvalue weighted by molar-refractivity contribution is -0.118. The fourth-order valence-electron chi connectivity index (χ4n) is 2.56. The molecule has 0 saturated carbocycles. The van der Waals surface area contributed by atoms with Gasteiger partial charge in [-0.1, -0.05) is 51.1 Å². The van der Waals surface area contributed by atoms with E-state index in [1.165, 1.54) is 0 Å². The van der Waals surface area contributed by atoms with Crippen molar-refractivity contribution in [1.29, 1.82) is 0 Å². The molecule has 0 bridgehead atoms. The zero-order valence-corrected chi connectivity index (χ0v) is 16.3. The van der Waals surface area contributed by atoms with Crippen molar-refractivity contribution in [3.63, 3.8) is 0 Å². The van der Waals surface area contributed by atoms with E-state index in [4.69, 9.17) is 0 Å².